The summed E-state index contributed by atoms with van der Waals surface area (Å²) in [5, 5.41) is 4.05. The normalized spacial score (nSPS) is 10.6. The summed E-state index contributed by atoms with van der Waals surface area (Å²) in [7, 11) is 0. The summed E-state index contributed by atoms with van der Waals surface area (Å²) in [6.07, 6.45) is 1.55. The van der Waals surface area contributed by atoms with E-state index in [0.717, 1.165) is 5.56 Å². The number of carbonyl (C=O) groups is 1. The van der Waals surface area contributed by atoms with E-state index in [1.54, 1.807) is 18.3 Å². The molecule has 2 aromatic rings. The number of nitrogens with zero attached hydrogens (tertiary/aromatic N) is 1. The van der Waals surface area contributed by atoms with Gasteiger partial charge in [-0.25, -0.2) is 5.43 Å². The van der Waals surface area contributed by atoms with Crippen molar-refractivity contribution in [1.29, 1.82) is 0 Å². The van der Waals surface area contributed by atoms with Crippen LogP contribution in [0, 0.1) is 0 Å². The monoisotopic (exact) mass is 400 g/mol. The van der Waals surface area contributed by atoms with Gasteiger partial charge in [0, 0.05) is 11.1 Å². The van der Waals surface area contributed by atoms with Crippen LogP contribution in [0.5, 0.6) is 23.0 Å². The maximum absolute atomic E-state index is 12.6. The number of hydrogen-bond donors (Lipinski definition) is 1. The van der Waals surface area contributed by atoms with Crippen LogP contribution in [0.1, 0.15) is 43.6 Å². The average Bonchev–Trinajstić information content (AvgIpc) is 2.72. The first-order valence-corrected chi connectivity index (χ1v) is 9.76. The molecule has 29 heavy (non-hydrogen) atoms. The molecule has 2 rings (SSSR count). The van der Waals surface area contributed by atoms with Crippen LogP contribution in [0.15, 0.2) is 41.5 Å². The first kappa shape index (κ1) is 22.1. The number of hydrogen-bond acceptors (Lipinski definition) is 6. The third kappa shape index (κ3) is 6.14. The lowest BCUT2D eigenvalue weighted by atomic mass is 10.1. The van der Waals surface area contributed by atoms with Gasteiger partial charge in [-0.05, 0) is 52.0 Å². The molecule has 0 bridgehead atoms. The molecule has 0 atom stereocenters. The highest BCUT2D eigenvalue weighted by molar-refractivity contribution is 5.96. The zero-order valence-corrected chi connectivity index (χ0v) is 17.4. The number of amides is 1. The molecule has 0 fully saturated rings. The van der Waals surface area contributed by atoms with Crippen molar-refractivity contribution in [2.75, 3.05) is 26.4 Å². The van der Waals surface area contributed by atoms with Crippen molar-refractivity contribution in [2.24, 2.45) is 5.10 Å². The Morgan fingerprint density at radius 1 is 0.862 bits per heavy atom. The molecule has 0 spiro atoms. The van der Waals surface area contributed by atoms with Gasteiger partial charge >= 0.3 is 0 Å². The molecule has 0 aliphatic heterocycles. The van der Waals surface area contributed by atoms with E-state index in [1.165, 1.54) is 0 Å². The average molecular weight is 400 g/mol. The van der Waals surface area contributed by atoms with Gasteiger partial charge in [0.25, 0.3) is 5.91 Å². The fourth-order valence-corrected chi connectivity index (χ4v) is 2.62. The van der Waals surface area contributed by atoms with E-state index < -0.39 is 0 Å². The van der Waals surface area contributed by atoms with Crippen molar-refractivity contribution in [3.05, 3.63) is 47.5 Å². The molecule has 0 unspecified atom stereocenters. The van der Waals surface area contributed by atoms with E-state index in [-0.39, 0.29) is 5.91 Å². The zero-order valence-electron chi connectivity index (χ0n) is 17.4. The fourth-order valence-electron chi connectivity index (χ4n) is 2.62. The van der Waals surface area contributed by atoms with E-state index in [9.17, 15) is 4.79 Å². The number of benzene rings is 2. The van der Waals surface area contributed by atoms with Gasteiger partial charge in [0.2, 0.25) is 5.75 Å². The predicted octanol–water partition coefficient (Wildman–Crippen LogP) is 4.05. The molecule has 0 saturated heterocycles. The molecular formula is C22H28N2O5. The Morgan fingerprint density at radius 2 is 1.41 bits per heavy atom. The molecule has 0 aliphatic carbocycles. The van der Waals surface area contributed by atoms with Gasteiger partial charge in [-0.1, -0.05) is 12.1 Å². The van der Waals surface area contributed by atoms with Gasteiger partial charge in [0.15, 0.2) is 11.5 Å². The molecule has 156 valence electrons. The highest BCUT2D eigenvalue weighted by Crippen LogP contribution is 2.39. The molecule has 0 heterocycles. The molecule has 2 aromatic carbocycles. The Morgan fingerprint density at radius 3 is 2.00 bits per heavy atom. The lowest BCUT2D eigenvalue weighted by Gasteiger charge is -2.16. The summed E-state index contributed by atoms with van der Waals surface area (Å²) < 4.78 is 22.5. The molecule has 0 aliphatic rings. The minimum Gasteiger partial charge on any atom is -0.493 e. The first-order chi connectivity index (χ1) is 14.1. The zero-order chi connectivity index (χ0) is 21.1. The van der Waals surface area contributed by atoms with E-state index in [4.69, 9.17) is 18.9 Å². The van der Waals surface area contributed by atoms with Crippen molar-refractivity contribution < 1.29 is 23.7 Å². The molecule has 1 amide bonds. The second-order valence-corrected chi connectivity index (χ2v) is 5.77. The van der Waals surface area contributed by atoms with E-state index in [1.807, 2.05) is 52.0 Å². The second kappa shape index (κ2) is 11.6. The quantitative estimate of drug-likeness (QED) is 0.455. The number of ether oxygens (including phenoxy) is 4. The fraction of sp³-hybridized carbons (Fsp3) is 0.364. The van der Waals surface area contributed by atoms with E-state index >= 15 is 0 Å². The maximum atomic E-state index is 12.6. The Labute approximate surface area is 171 Å². The Balaban J connectivity index is 2.23. The molecule has 7 nitrogen and oxygen atoms in total. The highest BCUT2D eigenvalue weighted by Gasteiger charge is 2.18. The van der Waals surface area contributed by atoms with Gasteiger partial charge in [0.05, 0.1) is 32.6 Å². The third-order valence-corrected chi connectivity index (χ3v) is 3.76. The largest absolute Gasteiger partial charge is 0.493 e. The van der Waals surface area contributed by atoms with Crippen LogP contribution in [-0.4, -0.2) is 38.5 Å². The van der Waals surface area contributed by atoms with Gasteiger partial charge < -0.3 is 18.9 Å². The number of hydrazone groups is 1. The minimum absolute atomic E-state index is 0.357. The van der Waals surface area contributed by atoms with Crippen LogP contribution in [0.3, 0.4) is 0 Å². The Hall–Kier alpha value is -3.22. The highest BCUT2D eigenvalue weighted by atomic mass is 16.5. The lowest BCUT2D eigenvalue weighted by molar-refractivity contribution is 0.0954. The molecule has 1 N–H and O–H groups in total. The summed E-state index contributed by atoms with van der Waals surface area (Å²) >= 11 is 0. The van der Waals surface area contributed by atoms with Crippen LogP contribution in [0.25, 0.3) is 0 Å². The van der Waals surface area contributed by atoms with Crippen LogP contribution in [-0.2, 0) is 0 Å². The molecular weight excluding hydrogens is 372 g/mol. The summed E-state index contributed by atoms with van der Waals surface area (Å²) in [5.74, 6) is 1.71. The third-order valence-electron chi connectivity index (χ3n) is 3.76. The summed E-state index contributed by atoms with van der Waals surface area (Å²) in [4.78, 5) is 12.6. The van der Waals surface area contributed by atoms with Gasteiger partial charge in [0.1, 0.15) is 5.75 Å². The van der Waals surface area contributed by atoms with Crippen molar-refractivity contribution >= 4 is 12.1 Å². The molecule has 0 saturated carbocycles. The lowest BCUT2D eigenvalue weighted by Crippen LogP contribution is -2.18. The minimum atomic E-state index is -0.389. The number of nitrogens with one attached hydrogen (secondary N) is 1. The molecule has 0 radical (unpaired) electrons. The first-order valence-electron chi connectivity index (χ1n) is 9.76. The topological polar surface area (TPSA) is 78.4 Å². The smallest absolute Gasteiger partial charge is 0.271 e. The second-order valence-electron chi connectivity index (χ2n) is 5.77. The van der Waals surface area contributed by atoms with Crippen molar-refractivity contribution in [2.45, 2.75) is 27.7 Å². The van der Waals surface area contributed by atoms with Crippen LogP contribution in [0.2, 0.25) is 0 Å². The standard InChI is InChI=1S/C22H28N2O5/c1-5-26-18-12-10-9-11-16(18)15-23-24-22(25)17-13-19(27-6-2)21(29-8-4)20(14-17)28-7-3/h9-15H,5-8H2,1-4H3,(H,24,25)/b23-15+. The predicted molar refractivity (Wildman–Crippen MR) is 113 cm³/mol. The Bertz CT molecular complexity index is 809. The summed E-state index contributed by atoms with van der Waals surface area (Å²) in [6.45, 7) is 9.38. The van der Waals surface area contributed by atoms with Crippen LogP contribution in [0.4, 0.5) is 0 Å². The van der Waals surface area contributed by atoms with Gasteiger partial charge in [-0.2, -0.15) is 5.10 Å². The van der Waals surface area contributed by atoms with Crippen LogP contribution < -0.4 is 24.4 Å². The number of rotatable bonds is 11. The maximum Gasteiger partial charge on any atom is 0.271 e. The van der Waals surface area contributed by atoms with Gasteiger partial charge in [-0.15, -0.1) is 0 Å². The number of para-hydroxylation sites is 1. The SMILES string of the molecule is CCOc1ccccc1/C=N/NC(=O)c1cc(OCC)c(OCC)c(OCC)c1. The molecule has 0 aromatic heterocycles. The van der Waals surface area contributed by atoms with Crippen molar-refractivity contribution in [3.8, 4) is 23.0 Å². The Kier molecular flexibility index (Phi) is 8.82. The van der Waals surface area contributed by atoms with E-state index in [2.05, 4.69) is 10.5 Å². The molecule has 7 heteroatoms. The van der Waals surface area contributed by atoms with Crippen LogP contribution >= 0.6 is 0 Å². The van der Waals surface area contributed by atoms with Crippen molar-refractivity contribution in [3.63, 3.8) is 0 Å². The summed E-state index contributed by atoms with van der Waals surface area (Å²) in [6, 6.07) is 10.7. The number of carbonyl (C=O) groups excluding carboxylic acids is 1. The van der Waals surface area contributed by atoms with Crippen molar-refractivity contribution in [1.82, 2.24) is 5.43 Å². The van der Waals surface area contributed by atoms with Gasteiger partial charge in [-0.3, -0.25) is 4.79 Å². The summed E-state index contributed by atoms with van der Waals surface area (Å²) in [5.41, 5.74) is 3.66. The van der Waals surface area contributed by atoms with E-state index in [0.29, 0.717) is 55.0 Å².